The second-order valence-electron chi connectivity index (χ2n) is 5.87. The maximum Gasteiger partial charge on any atom is 0.190 e. The number of likely N-dealkylation sites (tertiary alicyclic amines) is 1. The summed E-state index contributed by atoms with van der Waals surface area (Å²) in [6.45, 7) is 5.78. The third-order valence-corrected chi connectivity index (χ3v) is 4.99. The molecule has 0 unspecified atom stereocenters. The van der Waals surface area contributed by atoms with Crippen LogP contribution in [0.5, 0.6) is 0 Å². The van der Waals surface area contributed by atoms with E-state index in [1.807, 2.05) is 0 Å². The molecule has 0 aliphatic carbocycles. The number of unbranched alkanes of at least 4 members (excludes halogenated alkanes) is 1. The van der Waals surface area contributed by atoms with Gasteiger partial charge in [-0.05, 0) is 44.5 Å². The number of nitrogens with zero attached hydrogens (tertiary/aromatic N) is 4. The molecule has 0 aromatic carbocycles. The quantitative estimate of drug-likeness (QED) is 0.572. The molecular formula is C16H28N4S. The van der Waals surface area contributed by atoms with E-state index in [0.717, 1.165) is 29.9 Å². The summed E-state index contributed by atoms with van der Waals surface area (Å²) in [5, 5.41) is 9.58. The first-order chi connectivity index (χ1) is 10.2. The second-order valence-corrected chi connectivity index (χ2v) is 6.64. The van der Waals surface area contributed by atoms with Gasteiger partial charge in [-0.1, -0.05) is 37.3 Å². The van der Waals surface area contributed by atoms with Crippen molar-refractivity contribution in [1.82, 2.24) is 19.7 Å². The van der Waals surface area contributed by atoms with Crippen LogP contribution in [-0.4, -0.2) is 45.6 Å². The van der Waals surface area contributed by atoms with E-state index < -0.39 is 0 Å². The van der Waals surface area contributed by atoms with Gasteiger partial charge in [0.25, 0.3) is 0 Å². The number of rotatable bonds is 7. The Morgan fingerprint density at radius 1 is 1.24 bits per heavy atom. The first-order valence-corrected chi connectivity index (χ1v) is 9.26. The average molecular weight is 308 g/mol. The summed E-state index contributed by atoms with van der Waals surface area (Å²) < 4.78 is 2.14. The molecule has 1 saturated heterocycles. The van der Waals surface area contributed by atoms with Crippen LogP contribution >= 0.6 is 11.8 Å². The molecule has 0 radical (unpaired) electrons. The zero-order valence-corrected chi connectivity index (χ0v) is 14.4. The van der Waals surface area contributed by atoms with Crippen molar-refractivity contribution in [2.75, 3.05) is 25.9 Å². The van der Waals surface area contributed by atoms with Gasteiger partial charge in [-0.15, -0.1) is 10.2 Å². The molecule has 118 valence electrons. The minimum atomic E-state index is 0.762. The summed E-state index contributed by atoms with van der Waals surface area (Å²) in [5.74, 6) is 1.90. The predicted molar refractivity (Wildman–Crippen MR) is 89.7 cm³/mol. The number of thioether (sulfide) groups is 1. The number of hydrogen-bond acceptors (Lipinski definition) is 4. The third kappa shape index (κ3) is 4.85. The highest BCUT2D eigenvalue weighted by atomic mass is 32.2. The molecule has 2 heterocycles. The van der Waals surface area contributed by atoms with Gasteiger partial charge < -0.3 is 4.57 Å². The average Bonchev–Trinajstić information content (AvgIpc) is 2.86. The van der Waals surface area contributed by atoms with E-state index in [1.165, 1.54) is 38.8 Å². The molecule has 1 fully saturated rings. The van der Waals surface area contributed by atoms with Crippen molar-refractivity contribution in [2.24, 2.45) is 13.0 Å². The van der Waals surface area contributed by atoms with E-state index in [2.05, 4.69) is 52.0 Å². The zero-order chi connectivity index (χ0) is 15.1. The summed E-state index contributed by atoms with van der Waals surface area (Å²) in [6.07, 6.45) is 12.8. The van der Waals surface area contributed by atoms with Crippen molar-refractivity contribution in [3.8, 4) is 0 Å². The van der Waals surface area contributed by atoms with Crippen molar-refractivity contribution >= 4 is 11.8 Å². The number of hydrogen-bond donors (Lipinski definition) is 0. The van der Waals surface area contributed by atoms with Crippen LogP contribution in [0.4, 0.5) is 0 Å². The molecule has 4 nitrogen and oxygen atoms in total. The van der Waals surface area contributed by atoms with Gasteiger partial charge in [0, 0.05) is 20.0 Å². The molecule has 0 atom stereocenters. The Morgan fingerprint density at radius 2 is 2.00 bits per heavy atom. The van der Waals surface area contributed by atoms with E-state index in [4.69, 9.17) is 0 Å². The molecule has 2 rings (SSSR count). The molecule has 0 saturated carbocycles. The van der Waals surface area contributed by atoms with Crippen molar-refractivity contribution in [3.05, 3.63) is 18.0 Å². The summed E-state index contributed by atoms with van der Waals surface area (Å²) in [5.41, 5.74) is 0. The molecule has 1 aromatic rings. The van der Waals surface area contributed by atoms with Crippen LogP contribution < -0.4 is 0 Å². The minimum Gasteiger partial charge on any atom is -0.309 e. The van der Waals surface area contributed by atoms with E-state index in [0.29, 0.717) is 0 Å². The molecule has 1 aliphatic rings. The number of allylic oxidation sites excluding steroid dienone is 1. The highest BCUT2D eigenvalue weighted by molar-refractivity contribution is 7.98. The fourth-order valence-corrected chi connectivity index (χ4v) is 3.34. The molecule has 0 amide bonds. The molecule has 0 N–H and O–H groups in total. The Labute approximate surface area is 133 Å². The van der Waals surface area contributed by atoms with E-state index in [1.54, 1.807) is 11.8 Å². The zero-order valence-electron chi connectivity index (χ0n) is 13.6. The summed E-state index contributed by atoms with van der Waals surface area (Å²) in [7, 11) is 2.08. The molecular weight excluding hydrogens is 280 g/mol. The number of aromatic nitrogens is 3. The summed E-state index contributed by atoms with van der Waals surface area (Å²) in [6, 6.07) is 0. The van der Waals surface area contributed by atoms with Crippen molar-refractivity contribution < 1.29 is 0 Å². The Bertz CT molecular complexity index is 447. The van der Waals surface area contributed by atoms with E-state index in [-0.39, 0.29) is 0 Å². The van der Waals surface area contributed by atoms with Gasteiger partial charge in [-0.3, -0.25) is 4.90 Å². The first-order valence-electron chi connectivity index (χ1n) is 8.04. The second kappa shape index (κ2) is 8.59. The Hall–Kier alpha value is -0.810. The van der Waals surface area contributed by atoms with Crippen LogP contribution in [0.3, 0.4) is 0 Å². The lowest BCUT2D eigenvalue weighted by Crippen LogP contribution is -2.34. The standard InChI is InChI=1S/C16H28N4S/c1-4-5-6-7-10-20-11-8-14(9-12-20)13-15-17-18-16(21-3)19(15)2/h6-7,14H,4-5,8-13H2,1-3H3. The first kappa shape index (κ1) is 16.6. The van der Waals surface area contributed by atoms with Crippen LogP contribution in [0.25, 0.3) is 0 Å². The Balaban J connectivity index is 1.75. The van der Waals surface area contributed by atoms with Crippen LogP contribution in [-0.2, 0) is 13.5 Å². The Morgan fingerprint density at radius 3 is 2.62 bits per heavy atom. The molecule has 5 heteroatoms. The van der Waals surface area contributed by atoms with Gasteiger partial charge in [-0.25, -0.2) is 0 Å². The largest absolute Gasteiger partial charge is 0.309 e. The molecule has 0 spiro atoms. The molecule has 1 aromatic heterocycles. The van der Waals surface area contributed by atoms with Crippen molar-refractivity contribution in [1.29, 1.82) is 0 Å². The topological polar surface area (TPSA) is 34.0 Å². The van der Waals surface area contributed by atoms with Gasteiger partial charge >= 0.3 is 0 Å². The summed E-state index contributed by atoms with van der Waals surface area (Å²) >= 11 is 1.67. The predicted octanol–water partition coefficient (Wildman–Crippen LogP) is 3.15. The van der Waals surface area contributed by atoms with Gasteiger partial charge in [0.2, 0.25) is 0 Å². The SMILES string of the molecule is CCCC=CCN1CCC(Cc2nnc(SC)n2C)CC1. The highest BCUT2D eigenvalue weighted by Crippen LogP contribution is 2.22. The number of piperidine rings is 1. The van der Waals surface area contributed by atoms with Crippen LogP contribution in [0.2, 0.25) is 0 Å². The lowest BCUT2D eigenvalue weighted by Gasteiger charge is -2.30. The van der Waals surface area contributed by atoms with Crippen LogP contribution in [0.15, 0.2) is 17.3 Å². The van der Waals surface area contributed by atoms with Gasteiger partial charge in [0.1, 0.15) is 5.82 Å². The van der Waals surface area contributed by atoms with Crippen LogP contribution in [0, 0.1) is 5.92 Å². The lowest BCUT2D eigenvalue weighted by atomic mass is 9.93. The van der Waals surface area contributed by atoms with Gasteiger partial charge in [0.05, 0.1) is 0 Å². The van der Waals surface area contributed by atoms with Crippen LogP contribution in [0.1, 0.15) is 38.4 Å². The monoisotopic (exact) mass is 308 g/mol. The maximum atomic E-state index is 4.34. The van der Waals surface area contributed by atoms with Crippen molar-refractivity contribution in [2.45, 2.75) is 44.2 Å². The van der Waals surface area contributed by atoms with Gasteiger partial charge in [-0.2, -0.15) is 0 Å². The molecule has 0 bridgehead atoms. The third-order valence-electron chi connectivity index (χ3n) is 4.27. The molecule has 21 heavy (non-hydrogen) atoms. The van der Waals surface area contributed by atoms with Crippen molar-refractivity contribution in [3.63, 3.8) is 0 Å². The Kier molecular flexibility index (Phi) is 6.77. The maximum absolute atomic E-state index is 4.34. The fraction of sp³-hybridized carbons (Fsp3) is 0.750. The summed E-state index contributed by atoms with van der Waals surface area (Å²) in [4.78, 5) is 2.56. The highest BCUT2D eigenvalue weighted by Gasteiger charge is 2.21. The minimum absolute atomic E-state index is 0.762. The van der Waals surface area contributed by atoms with E-state index in [9.17, 15) is 0 Å². The fourth-order valence-electron chi connectivity index (χ4n) is 2.84. The molecule has 1 aliphatic heterocycles. The van der Waals surface area contributed by atoms with E-state index >= 15 is 0 Å². The lowest BCUT2D eigenvalue weighted by molar-refractivity contribution is 0.198. The normalized spacial score (nSPS) is 17.9. The smallest absolute Gasteiger partial charge is 0.190 e. The van der Waals surface area contributed by atoms with Gasteiger partial charge in [0.15, 0.2) is 5.16 Å².